The van der Waals surface area contributed by atoms with Crippen LogP contribution in [0.15, 0.2) is 49.1 Å². The first-order valence-electron chi connectivity index (χ1n) is 14.0. The van der Waals surface area contributed by atoms with Gasteiger partial charge in [0.05, 0.1) is 11.5 Å². The van der Waals surface area contributed by atoms with Crippen molar-refractivity contribution in [2.45, 2.75) is 75.7 Å². The van der Waals surface area contributed by atoms with Crippen molar-refractivity contribution in [2.24, 2.45) is 16.7 Å². The summed E-state index contributed by atoms with van der Waals surface area (Å²) in [6.45, 7) is 10.9. The van der Waals surface area contributed by atoms with Gasteiger partial charge < -0.3 is 19.7 Å². The summed E-state index contributed by atoms with van der Waals surface area (Å²) in [6.07, 6.45) is 6.05. The minimum absolute atomic E-state index is 0.204. The Morgan fingerprint density at radius 2 is 2.08 bits per heavy atom. The van der Waals surface area contributed by atoms with E-state index in [1.165, 1.54) is 24.0 Å². The van der Waals surface area contributed by atoms with Crippen molar-refractivity contribution in [1.29, 1.82) is 0 Å². The highest BCUT2D eigenvalue weighted by atomic mass is 16.5. The second-order valence-electron chi connectivity index (χ2n) is 12.8. The first-order valence-corrected chi connectivity index (χ1v) is 14.0. The van der Waals surface area contributed by atoms with Crippen LogP contribution in [-0.4, -0.2) is 53.6 Å². The van der Waals surface area contributed by atoms with Crippen LogP contribution in [0.2, 0.25) is 0 Å². The van der Waals surface area contributed by atoms with Gasteiger partial charge >= 0.3 is 0 Å². The number of phenolic OH excluding ortho intramolecular Hbond substituents is 1. The van der Waals surface area contributed by atoms with Crippen LogP contribution in [0.3, 0.4) is 0 Å². The molecule has 2 N–H and O–H groups in total. The number of benzene rings is 2. The SMILES string of the molecule is C=C[C@@]12C[C@](C)([C@H](O)c3cccc(C)c3)C(OC)[C@H]3Oc4c(O)ccc5c4[C@]31CCN(CC1CC1)[C@H]2C5. The highest BCUT2D eigenvalue weighted by Gasteiger charge is 2.76. The molecule has 3 fully saturated rings. The predicted molar refractivity (Wildman–Crippen MR) is 143 cm³/mol. The van der Waals surface area contributed by atoms with Gasteiger partial charge in [0.15, 0.2) is 11.5 Å². The van der Waals surface area contributed by atoms with Gasteiger partial charge in [-0.05, 0) is 68.7 Å². The van der Waals surface area contributed by atoms with Crippen LogP contribution in [0.25, 0.3) is 0 Å². The van der Waals surface area contributed by atoms with Crippen LogP contribution in [0.4, 0.5) is 0 Å². The van der Waals surface area contributed by atoms with Crippen molar-refractivity contribution in [3.8, 4) is 11.5 Å². The topological polar surface area (TPSA) is 62.2 Å². The maximum Gasteiger partial charge on any atom is 0.165 e. The molecule has 3 aliphatic carbocycles. The number of aromatic hydroxyl groups is 1. The fraction of sp³-hybridized carbons (Fsp3) is 0.562. The van der Waals surface area contributed by atoms with Crippen LogP contribution in [0.1, 0.15) is 61.0 Å². The molecule has 2 aromatic rings. The molecule has 2 aromatic carbocycles. The number of hydrogen-bond acceptors (Lipinski definition) is 5. The molecule has 7 rings (SSSR count). The number of ether oxygens (including phenoxy) is 2. The van der Waals surface area contributed by atoms with Gasteiger partial charge in [0.2, 0.25) is 0 Å². The molecule has 2 saturated carbocycles. The van der Waals surface area contributed by atoms with Gasteiger partial charge in [0.1, 0.15) is 12.2 Å². The standard InChI is InChI=1S/C32H39NO4/c1-5-31-18-30(3,27(35)22-8-6-7-19(2)15-22)28(36-4)29-32(31)13-14-33(17-20-9-10-20)24(31)16-21-11-12-23(34)26(37-29)25(21)32/h5-8,11-12,15,20,24,27-29,34-35H,1,9-10,13-14,16-18H2,2-4H3/t24-,27+,28?,29+,30+,31-,32+/m0/s1. The molecule has 2 bridgehead atoms. The van der Waals surface area contributed by atoms with E-state index in [4.69, 9.17) is 9.47 Å². The fourth-order valence-electron chi connectivity index (χ4n) is 9.16. The third-order valence-electron chi connectivity index (χ3n) is 10.9. The van der Waals surface area contributed by atoms with E-state index in [0.717, 1.165) is 49.4 Å². The van der Waals surface area contributed by atoms with E-state index in [9.17, 15) is 10.2 Å². The first kappa shape index (κ1) is 23.8. The molecule has 5 aliphatic rings. The van der Waals surface area contributed by atoms with Crippen LogP contribution in [-0.2, 0) is 16.6 Å². The Kier molecular flexibility index (Phi) is 5.04. The average molecular weight is 502 g/mol. The van der Waals surface area contributed by atoms with Crippen LogP contribution in [0.5, 0.6) is 11.5 Å². The molecule has 7 atom stereocenters. The van der Waals surface area contributed by atoms with E-state index in [1.54, 1.807) is 13.2 Å². The third kappa shape index (κ3) is 2.91. The van der Waals surface area contributed by atoms with Crippen molar-refractivity contribution in [2.75, 3.05) is 20.2 Å². The Balaban J connectivity index is 1.45. The molecule has 2 aliphatic heterocycles. The van der Waals surface area contributed by atoms with Crippen molar-refractivity contribution in [3.05, 3.63) is 71.3 Å². The molecular weight excluding hydrogens is 462 g/mol. The number of phenols is 1. The Labute approximate surface area is 220 Å². The van der Waals surface area contributed by atoms with Gasteiger partial charge in [-0.2, -0.15) is 0 Å². The van der Waals surface area contributed by atoms with E-state index in [2.05, 4.69) is 49.6 Å². The van der Waals surface area contributed by atoms with Crippen LogP contribution >= 0.6 is 0 Å². The normalized spacial score (nSPS) is 38.5. The lowest BCUT2D eigenvalue weighted by molar-refractivity contribution is -0.224. The Morgan fingerprint density at radius 1 is 1.27 bits per heavy atom. The number of piperidine rings is 1. The Hall–Kier alpha value is -2.34. The molecule has 2 heterocycles. The summed E-state index contributed by atoms with van der Waals surface area (Å²) < 4.78 is 13.2. The summed E-state index contributed by atoms with van der Waals surface area (Å²) in [5.74, 6) is 1.62. The number of nitrogens with zero attached hydrogens (tertiary/aromatic N) is 1. The lowest BCUT2D eigenvalue weighted by atomic mass is 9.39. The highest BCUT2D eigenvalue weighted by molar-refractivity contribution is 5.63. The largest absolute Gasteiger partial charge is 0.504 e. The van der Waals surface area contributed by atoms with Crippen LogP contribution < -0.4 is 4.74 Å². The number of rotatable bonds is 6. The number of aliphatic hydroxyl groups excluding tert-OH is 1. The number of hydrogen-bond donors (Lipinski definition) is 2. The van der Waals surface area contributed by atoms with E-state index in [-0.39, 0.29) is 34.8 Å². The summed E-state index contributed by atoms with van der Waals surface area (Å²) >= 11 is 0. The number of likely N-dealkylation sites (tertiary alicyclic amines) is 1. The fourth-order valence-corrected chi connectivity index (χ4v) is 9.16. The minimum atomic E-state index is -0.730. The van der Waals surface area contributed by atoms with Crippen molar-refractivity contribution < 1.29 is 19.7 Å². The molecule has 1 spiro atoms. The highest BCUT2D eigenvalue weighted by Crippen LogP contribution is 2.73. The third-order valence-corrected chi connectivity index (χ3v) is 10.9. The van der Waals surface area contributed by atoms with E-state index >= 15 is 0 Å². The molecule has 1 unspecified atom stereocenters. The van der Waals surface area contributed by atoms with Crippen molar-refractivity contribution in [3.63, 3.8) is 0 Å². The number of aryl methyl sites for hydroxylation is 1. The maximum absolute atomic E-state index is 12.1. The summed E-state index contributed by atoms with van der Waals surface area (Å²) in [6, 6.07) is 12.4. The lowest BCUT2D eigenvalue weighted by Gasteiger charge is -2.69. The Bertz CT molecular complexity index is 1270. The zero-order chi connectivity index (χ0) is 25.7. The van der Waals surface area contributed by atoms with Crippen molar-refractivity contribution >= 4 is 0 Å². The quantitative estimate of drug-likeness (QED) is 0.541. The number of methoxy groups -OCH3 is 1. The Morgan fingerprint density at radius 3 is 2.78 bits per heavy atom. The molecule has 0 aromatic heterocycles. The summed E-state index contributed by atoms with van der Waals surface area (Å²) in [4.78, 5) is 2.72. The number of aliphatic hydroxyl groups is 1. The lowest BCUT2D eigenvalue weighted by Crippen LogP contribution is -2.76. The maximum atomic E-state index is 12.1. The molecule has 0 amide bonds. The smallest absolute Gasteiger partial charge is 0.165 e. The van der Waals surface area contributed by atoms with Gasteiger partial charge in [0.25, 0.3) is 0 Å². The molecule has 37 heavy (non-hydrogen) atoms. The van der Waals surface area contributed by atoms with Gasteiger partial charge in [-0.15, -0.1) is 6.58 Å². The van der Waals surface area contributed by atoms with E-state index in [0.29, 0.717) is 5.75 Å². The monoisotopic (exact) mass is 501 g/mol. The summed E-state index contributed by atoms with van der Waals surface area (Å²) in [5, 5.41) is 23.1. The zero-order valence-corrected chi connectivity index (χ0v) is 22.2. The summed E-state index contributed by atoms with van der Waals surface area (Å²) in [7, 11) is 1.75. The van der Waals surface area contributed by atoms with Gasteiger partial charge in [-0.3, -0.25) is 4.90 Å². The molecule has 0 radical (unpaired) electrons. The second-order valence-corrected chi connectivity index (χ2v) is 12.8. The van der Waals surface area contributed by atoms with Gasteiger partial charge in [-0.1, -0.05) is 48.9 Å². The zero-order valence-electron chi connectivity index (χ0n) is 22.2. The minimum Gasteiger partial charge on any atom is -0.504 e. The van der Waals surface area contributed by atoms with Crippen molar-refractivity contribution in [1.82, 2.24) is 4.90 Å². The molecular formula is C32H39NO4. The average Bonchev–Trinajstić information content (AvgIpc) is 3.64. The van der Waals surface area contributed by atoms with Gasteiger partial charge in [-0.25, -0.2) is 0 Å². The molecule has 196 valence electrons. The molecule has 5 heteroatoms. The molecule has 1 saturated heterocycles. The summed E-state index contributed by atoms with van der Waals surface area (Å²) in [5.41, 5.74) is 3.23. The second kappa shape index (κ2) is 7.84. The van der Waals surface area contributed by atoms with E-state index < -0.39 is 11.5 Å². The predicted octanol–water partition coefficient (Wildman–Crippen LogP) is 5.07. The molecule has 5 nitrogen and oxygen atoms in total. The first-order chi connectivity index (χ1) is 17.8. The van der Waals surface area contributed by atoms with Crippen LogP contribution in [0, 0.1) is 23.7 Å². The van der Waals surface area contributed by atoms with E-state index in [1.807, 2.05) is 12.1 Å². The van der Waals surface area contributed by atoms with Gasteiger partial charge in [0, 0.05) is 36.1 Å².